The molecule has 3 aliphatic heterocycles. The number of hydrogen-bond acceptors (Lipinski definition) is 19. The Hall–Kier alpha value is -3.60. The molecule has 3 saturated heterocycles. The van der Waals surface area contributed by atoms with E-state index in [4.69, 9.17) is 39.0 Å². The summed E-state index contributed by atoms with van der Waals surface area (Å²) >= 11 is 0. The number of H-pyrrole nitrogens is 2. The predicted octanol–water partition coefficient (Wildman–Crippen LogP) is -3.28. The van der Waals surface area contributed by atoms with Gasteiger partial charge < -0.3 is 53.9 Å². The predicted molar refractivity (Wildman–Crippen MR) is 140 cm³/mol. The van der Waals surface area contributed by atoms with Crippen LogP contribution < -0.4 is 32.4 Å². The number of phosphoric acid groups is 2. The van der Waals surface area contributed by atoms with Crippen molar-refractivity contribution in [1.29, 1.82) is 0 Å². The Labute approximate surface area is 248 Å². The van der Waals surface area contributed by atoms with Crippen LogP contribution in [0.25, 0.3) is 22.3 Å². The van der Waals surface area contributed by atoms with Crippen molar-refractivity contribution in [3.8, 4) is 0 Å². The fourth-order valence-corrected chi connectivity index (χ4v) is 7.23. The molecule has 9 atom stereocenters. The summed E-state index contributed by atoms with van der Waals surface area (Å²) in [6.07, 6.45) is -8.24. The first-order valence-corrected chi connectivity index (χ1v) is 15.9. The van der Waals surface area contributed by atoms with E-state index in [2.05, 4.69) is 29.9 Å². The number of hydrogen-bond donors (Lipinski definition) is 5. The number of aromatic amines is 2. The van der Waals surface area contributed by atoms with E-state index in [9.17, 15) is 33.6 Å². The quantitative estimate of drug-likeness (QED) is 0.130. The van der Waals surface area contributed by atoms with Crippen molar-refractivity contribution in [3.63, 3.8) is 0 Å². The Balaban J connectivity index is 1.16. The van der Waals surface area contributed by atoms with E-state index in [1.807, 2.05) is 0 Å². The van der Waals surface area contributed by atoms with E-state index in [1.54, 1.807) is 0 Å². The summed E-state index contributed by atoms with van der Waals surface area (Å²) in [5, 5.41) is 11.1. The summed E-state index contributed by atoms with van der Waals surface area (Å²) in [6, 6.07) is 0. The molecule has 4 aromatic rings. The molecular weight excluding hydrogens is 650 g/mol. The largest absolute Gasteiger partial charge is 0.756 e. The molecule has 3 aliphatic rings. The van der Waals surface area contributed by atoms with Gasteiger partial charge in [0.1, 0.15) is 30.6 Å². The van der Waals surface area contributed by atoms with Gasteiger partial charge in [0.05, 0.1) is 32.0 Å². The van der Waals surface area contributed by atoms with Crippen LogP contribution in [0.15, 0.2) is 22.2 Å². The molecule has 4 aromatic heterocycles. The number of nitrogen functional groups attached to an aromatic ring is 2. The van der Waals surface area contributed by atoms with Gasteiger partial charge >= 0.3 is 0 Å². The molecule has 7 heterocycles. The molecule has 7 rings (SSSR count). The molecule has 45 heavy (non-hydrogen) atoms. The Morgan fingerprint density at radius 2 is 1.40 bits per heavy atom. The van der Waals surface area contributed by atoms with Crippen LogP contribution in [-0.2, 0) is 36.7 Å². The van der Waals surface area contributed by atoms with Crippen molar-refractivity contribution in [1.82, 2.24) is 39.0 Å². The van der Waals surface area contributed by atoms with E-state index < -0.39 is 83.0 Å². The number of fused-ring (bicyclic) bond motifs is 4. The molecule has 0 aromatic carbocycles. The number of aliphatic hydroxyl groups excluding tert-OH is 1. The topological polar surface area (TPSA) is 335 Å². The number of phosphoric ester groups is 2. The van der Waals surface area contributed by atoms with E-state index in [1.165, 1.54) is 10.9 Å². The number of nitrogens with two attached hydrogens (primary N) is 2. The van der Waals surface area contributed by atoms with Crippen molar-refractivity contribution in [2.24, 2.45) is 0 Å². The Bertz CT molecular complexity index is 2010. The molecule has 3 unspecified atom stereocenters. The highest BCUT2D eigenvalue weighted by atomic mass is 31.2. The van der Waals surface area contributed by atoms with E-state index >= 15 is 0 Å². The highest BCUT2D eigenvalue weighted by molar-refractivity contribution is 7.46. The molecular formula is C20H22N10O13P2-2. The average Bonchev–Trinajstić information content (AvgIpc) is 3.71. The minimum Gasteiger partial charge on any atom is -0.756 e. The number of anilines is 2. The number of imidazole rings is 2. The third-order valence-corrected chi connectivity index (χ3v) is 9.25. The molecule has 242 valence electrons. The second kappa shape index (κ2) is 10.7. The van der Waals surface area contributed by atoms with Crippen molar-refractivity contribution < 1.29 is 51.6 Å². The number of aliphatic hydroxyl groups is 1. The van der Waals surface area contributed by atoms with E-state index in [0.29, 0.717) is 0 Å². The highest BCUT2D eigenvalue weighted by Crippen LogP contribution is 2.50. The van der Waals surface area contributed by atoms with Gasteiger partial charge in [0.15, 0.2) is 28.6 Å². The summed E-state index contributed by atoms with van der Waals surface area (Å²) < 4.78 is 60.3. The van der Waals surface area contributed by atoms with Crippen LogP contribution >= 0.6 is 15.6 Å². The first kappa shape index (κ1) is 30.1. The van der Waals surface area contributed by atoms with Gasteiger partial charge in [0.25, 0.3) is 26.8 Å². The zero-order chi connectivity index (χ0) is 31.8. The van der Waals surface area contributed by atoms with Crippen LogP contribution in [0.4, 0.5) is 11.9 Å². The summed E-state index contributed by atoms with van der Waals surface area (Å²) in [6.45, 7) is -1.66. The number of nitrogens with one attached hydrogen (secondary N) is 2. The van der Waals surface area contributed by atoms with Crippen molar-refractivity contribution in [3.05, 3.63) is 33.4 Å². The molecule has 0 spiro atoms. The molecule has 0 radical (unpaired) electrons. The maximum atomic E-state index is 12.9. The van der Waals surface area contributed by atoms with E-state index in [0.717, 1.165) is 10.9 Å². The Morgan fingerprint density at radius 1 is 0.844 bits per heavy atom. The van der Waals surface area contributed by atoms with Crippen LogP contribution in [-0.4, -0.2) is 87.9 Å². The van der Waals surface area contributed by atoms with Gasteiger partial charge in [-0.05, 0) is 0 Å². The van der Waals surface area contributed by atoms with Crippen LogP contribution in [0, 0.1) is 0 Å². The maximum absolute atomic E-state index is 12.9. The molecule has 7 N–H and O–H groups in total. The molecule has 3 fully saturated rings. The monoisotopic (exact) mass is 672 g/mol. The van der Waals surface area contributed by atoms with Gasteiger partial charge in [-0.2, -0.15) is 9.97 Å². The van der Waals surface area contributed by atoms with Gasteiger partial charge in [0.2, 0.25) is 11.9 Å². The third-order valence-electron chi connectivity index (χ3n) is 7.28. The minimum atomic E-state index is -5.26. The lowest BCUT2D eigenvalue weighted by molar-refractivity contribution is -0.243. The Kier molecular flexibility index (Phi) is 7.18. The first-order chi connectivity index (χ1) is 21.3. The van der Waals surface area contributed by atoms with Crippen molar-refractivity contribution >= 4 is 49.9 Å². The molecule has 0 saturated carbocycles. The summed E-state index contributed by atoms with van der Waals surface area (Å²) in [7, 11) is -10.4. The molecule has 0 amide bonds. The lowest BCUT2D eigenvalue weighted by Crippen LogP contribution is -2.39. The van der Waals surface area contributed by atoms with Gasteiger partial charge in [-0.3, -0.25) is 37.8 Å². The smallest absolute Gasteiger partial charge is 0.280 e. The van der Waals surface area contributed by atoms with Gasteiger partial charge in [0, 0.05) is 6.42 Å². The zero-order valence-electron chi connectivity index (χ0n) is 22.4. The molecule has 25 heteroatoms. The Morgan fingerprint density at radius 3 is 2.04 bits per heavy atom. The van der Waals surface area contributed by atoms with Crippen LogP contribution in [0.2, 0.25) is 0 Å². The van der Waals surface area contributed by atoms with Gasteiger partial charge in [-0.1, -0.05) is 0 Å². The van der Waals surface area contributed by atoms with Gasteiger partial charge in [-0.25, -0.2) is 9.97 Å². The van der Waals surface area contributed by atoms with Gasteiger partial charge in [-0.15, -0.1) is 0 Å². The van der Waals surface area contributed by atoms with Crippen molar-refractivity contribution in [2.75, 3.05) is 24.7 Å². The first-order valence-electron chi connectivity index (χ1n) is 13.0. The minimum absolute atomic E-state index is 0.0144. The van der Waals surface area contributed by atoms with Crippen molar-refractivity contribution in [2.45, 2.75) is 49.4 Å². The van der Waals surface area contributed by atoms with Crippen LogP contribution in [0.1, 0.15) is 18.9 Å². The molecule has 23 nitrogen and oxygen atoms in total. The fraction of sp³-hybridized carbons (Fsp3) is 0.500. The third kappa shape index (κ3) is 5.47. The number of rotatable bonds is 2. The summed E-state index contributed by atoms with van der Waals surface area (Å²) in [5.74, 6) is -0.493. The second-order valence-electron chi connectivity index (χ2n) is 10.2. The second-order valence-corrected chi connectivity index (χ2v) is 12.9. The fourth-order valence-electron chi connectivity index (χ4n) is 5.33. The summed E-state index contributed by atoms with van der Waals surface area (Å²) in [5.41, 5.74) is 9.58. The number of aromatic nitrogens is 8. The number of nitrogens with zero attached hydrogens (tertiary/aromatic N) is 6. The van der Waals surface area contributed by atoms with Crippen LogP contribution in [0.3, 0.4) is 0 Å². The molecule has 0 bridgehead atoms. The lowest BCUT2D eigenvalue weighted by Gasteiger charge is -2.34. The standard InChI is InChI=1S/C20H24N10O13P2/c21-19-25-14-10(16(32)27-19)23-4-29(14)9-1-6-7(40-9)2-38-45(36,37)43-13-8(3-39-44(34,35)42-6)41-18(12(13)31)30-5-24-11-15(30)26-20(22)28-17(11)33/h4-9,12-13,18,31H,1-3H2,(H,34,35)(H,36,37)(H3,21,25,27,32)(H3,22,26,28,33)/p-2/t6-,7+,8+,9-,12?,13+,18-/m1/s1. The summed E-state index contributed by atoms with van der Waals surface area (Å²) in [4.78, 5) is 70.7. The van der Waals surface area contributed by atoms with E-state index in [-0.39, 0.29) is 40.6 Å². The highest BCUT2D eigenvalue weighted by Gasteiger charge is 2.49. The normalized spacial score (nSPS) is 36.0. The number of ether oxygens (including phenoxy) is 2. The van der Waals surface area contributed by atoms with Crippen LogP contribution in [0.5, 0.6) is 0 Å². The molecule has 0 aliphatic carbocycles. The maximum Gasteiger partial charge on any atom is 0.280 e. The lowest BCUT2D eigenvalue weighted by atomic mass is 10.1. The average molecular weight is 672 g/mol. The zero-order valence-corrected chi connectivity index (χ0v) is 24.2. The SMILES string of the molecule is Nc1nc2c(ncn2[C@@H]2O[C@H]3COP(=O)([O-])O[C@@H]4C[C@H](n5cnc6c(=O)[nH]c(N)nc65)O[C@H]4COP(=O)([O-])O[C@@H]3C2O)c(=O)[nH]1.